The zero-order valence-electron chi connectivity index (χ0n) is 11.1. The Balaban J connectivity index is 1.94. The van der Waals surface area contributed by atoms with E-state index in [2.05, 4.69) is 33.4 Å². The molecule has 2 rings (SSSR count). The number of rotatable bonds is 4. The van der Waals surface area contributed by atoms with Gasteiger partial charge in [-0.3, -0.25) is 0 Å². The molecule has 0 heterocycles. The molecular weight excluding hydrogens is 305 g/mol. The predicted molar refractivity (Wildman–Crippen MR) is 80.6 cm³/mol. The van der Waals surface area contributed by atoms with Gasteiger partial charge in [0.25, 0.3) is 0 Å². The minimum Gasteiger partial charge on any atom is -0.309 e. The van der Waals surface area contributed by atoms with Crippen LogP contribution in [0.5, 0.6) is 0 Å². The summed E-state index contributed by atoms with van der Waals surface area (Å²) >= 11 is 3.42. The van der Waals surface area contributed by atoms with E-state index in [4.69, 9.17) is 0 Å². The molecular formula is C16H17BrFN. The van der Waals surface area contributed by atoms with Crippen molar-refractivity contribution in [1.29, 1.82) is 0 Å². The molecule has 19 heavy (non-hydrogen) atoms. The van der Waals surface area contributed by atoms with E-state index < -0.39 is 0 Å². The van der Waals surface area contributed by atoms with Gasteiger partial charge in [0.2, 0.25) is 0 Å². The summed E-state index contributed by atoms with van der Waals surface area (Å²) in [7, 11) is 0. The van der Waals surface area contributed by atoms with Crippen molar-refractivity contribution in [2.75, 3.05) is 0 Å². The summed E-state index contributed by atoms with van der Waals surface area (Å²) < 4.78 is 14.6. The van der Waals surface area contributed by atoms with Gasteiger partial charge in [-0.2, -0.15) is 0 Å². The third kappa shape index (κ3) is 3.88. The van der Waals surface area contributed by atoms with E-state index in [0.717, 1.165) is 23.1 Å². The zero-order chi connectivity index (χ0) is 13.8. The molecule has 0 unspecified atom stereocenters. The molecule has 1 N–H and O–H groups in total. The van der Waals surface area contributed by atoms with E-state index in [1.54, 1.807) is 13.8 Å². The Morgan fingerprint density at radius 2 is 1.47 bits per heavy atom. The molecule has 100 valence electrons. The summed E-state index contributed by atoms with van der Waals surface area (Å²) in [6, 6.07) is 12.0. The lowest BCUT2D eigenvalue weighted by molar-refractivity contribution is 0.606. The first-order valence-corrected chi connectivity index (χ1v) is 7.06. The van der Waals surface area contributed by atoms with Gasteiger partial charge in [-0.1, -0.05) is 40.2 Å². The van der Waals surface area contributed by atoms with Crippen LogP contribution in [0.4, 0.5) is 4.39 Å². The summed E-state index contributed by atoms with van der Waals surface area (Å²) in [5.74, 6) is -0.100. The highest BCUT2D eigenvalue weighted by molar-refractivity contribution is 9.10. The molecule has 2 aromatic carbocycles. The minimum atomic E-state index is -0.100. The van der Waals surface area contributed by atoms with Crippen molar-refractivity contribution in [1.82, 2.24) is 5.32 Å². The molecule has 0 spiro atoms. The van der Waals surface area contributed by atoms with E-state index in [1.165, 1.54) is 5.56 Å². The van der Waals surface area contributed by atoms with Crippen LogP contribution in [0.1, 0.15) is 22.3 Å². The lowest BCUT2D eigenvalue weighted by Crippen LogP contribution is -2.13. The highest BCUT2D eigenvalue weighted by Gasteiger charge is 2.04. The summed E-state index contributed by atoms with van der Waals surface area (Å²) in [6.07, 6.45) is 0. The average Bonchev–Trinajstić information content (AvgIpc) is 2.38. The molecule has 0 saturated heterocycles. The van der Waals surface area contributed by atoms with Gasteiger partial charge < -0.3 is 5.32 Å². The van der Waals surface area contributed by atoms with Crippen molar-refractivity contribution >= 4 is 15.9 Å². The van der Waals surface area contributed by atoms with E-state index in [9.17, 15) is 4.39 Å². The molecule has 0 aliphatic rings. The van der Waals surface area contributed by atoms with Crippen LogP contribution in [0.15, 0.2) is 40.9 Å². The number of benzene rings is 2. The van der Waals surface area contributed by atoms with E-state index in [-0.39, 0.29) is 5.82 Å². The average molecular weight is 322 g/mol. The van der Waals surface area contributed by atoms with Crippen molar-refractivity contribution in [2.45, 2.75) is 26.9 Å². The van der Waals surface area contributed by atoms with Crippen LogP contribution in [0.25, 0.3) is 0 Å². The second-order valence-electron chi connectivity index (χ2n) is 4.77. The first kappa shape index (κ1) is 14.2. The second-order valence-corrected chi connectivity index (χ2v) is 5.69. The van der Waals surface area contributed by atoms with Crippen molar-refractivity contribution in [3.63, 3.8) is 0 Å². The van der Waals surface area contributed by atoms with Gasteiger partial charge in [0, 0.05) is 17.6 Å². The van der Waals surface area contributed by atoms with Crippen LogP contribution in [-0.2, 0) is 13.1 Å². The quantitative estimate of drug-likeness (QED) is 0.874. The number of halogens is 2. The molecule has 0 aromatic heterocycles. The normalized spacial score (nSPS) is 10.7. The lowest BCUT2D eigenvalue weighted by atomic mass is 10.1. The summed E-state index contributed by atoms with van der Waals surface area (Å²) in [4.78, 5) is 0. The molecule has 0 amide bonds. The topological polar surface area (TPSA) is 12.0 Å². The maximum atomic E-state index is 13.5. The molecule has 0 aliphatic carbocycles. The van der Waals surface area contributed by atoms with E-state index in [1.807, 2.05) is 24.3 Å². The van der Waals surface area contributed by atoms with Crippen LogP contribution < -0.4 is 5.32 Å². The van der Waals surface area contributed by atoms with Crippen LogP contribution in [-0.4, -0.2) is 0 Å². The van der Waals surface area contributed by atoms with Crippen molar-refractivity contribution in [3.8, 4) is 0 Å². The van der Waals surface area contributed by atoms with Crippen LogP contribution in [0.2, 0.25) is 0 Å². The fraction of sp³-hybridized carbons (Fsp3) is 0.250. The highest BCUT2D eigenvalue weighted by Crippen LogP contribution is 2.15. The maximum absolute atomic E-state index is 13.5. The van der Waals surface area contributed by atoms with E-state index >= 15 is 0 Å². The second kappa shape index (κ2) is 6.31. The van der Waals surface area contributed by atoms with Gasteiger partial charge in [0.1, 0.15) is 5.82 Å². The molecule has 1 nitrogen and oxygen atoms in total. The van der Waals surface area contributed by atoms with Crippen LogP contribution >= 0.6 is 15.9 Å². The Bertz CT molecular complexity index is 540. The Morgan fingerprint density at radius 3 is 2.05 bits per heavy atom. The molecule has 3 heteroatoms. The Kier molecular flexibility index (Phi) is 4.72. The van der Waals surface area contributed by atoms with E-state index in [0.29, 0.717) is 11.1 Å². The summed E-state index contributed by atoms with van der Waals surface area (Å²) in [5, 5.41) is 3.37. The van der Waals surface area contributed by atoms with Gasteiger partial charge in [0.05, 0.1) is 0 Å². The SMILES string of the molecule is Cc1cc(CNCc2ccc(Br)cc2)cc(C)c1F. The third-order valence-corrected chi connectivity index (χ3v) is 3.60. The first-order valence-electron chi connectivity index (χ1n) is 6.27. The largest absolute Gasteiger partial charge is 0.309 e. The van der Waals surface area contributed by atoms with Gasteiger partial charge in [-0.15, -0.1) is 0 Å². The fourth-order valence-corrected chi connectivity index (χ4v) is 2.36. The highest BCUT2D eigenvalue weighted by atomic mass is 79.9. The molecule has 0 bridgehead atoms. The lowest BCUT2D eigenvalue weighted by Gasteiger charge is -2.08. The van der Waals surface area contributed by atoms with Crippen molar-refractivity contribution in [2.24, 2.45) is 0 Å². The van der Waals surface area contributed by atoms with Crippen LogP contribution in [0, 0.1) is 19.7 Å². The van der Waals surface area contributed by atoms with Crippen LogP contribution in [0.3, 0.4) is 0 Å². The number of hydrogen-bond acceptors (Lipinski definition) is 1. The fourth-order valence-electron chi connectivity index (χ4n) is 2.09. The Morgan fingerprint density at radius 1 is 0.947 bits per heavy atom. The Labute approximate surface area is 122 Å². The summed E-state index contributed by atoms with van der Waals surface area (Å²) in [6.45, 7) is 5.17. The Hall–Kier alpha value is -1.19. The number of nitrogens with one attached hydrogen (secondary N) is 1. The van der Waals surface area contributed by atoms with Gasteiger partial charge in [0.15, 0.2) is 0 Å². The monoisotopic (exact) mass is 321 g/mol. The minimum absolute atomic E-state index is 0.100. The standard InChI is InChI=1S/C16H17BrFN/c1-11-7-14(8-12(2)16(11)18)10-19-9-13-3-5-15(17)6-4-13/h3-8,19H,9-10H2,1-2H3. The predicted octanol–water partition coefficient (Wildman–Crippen LogP) is 4.49. The first-order chi connectivity index (χ1) is 9.06. The molecule has 0 fully saturated rings. The van der Waals surface area contributed by atoms with Gasteiger partial charge in [-0.25, -0.2) is 4.39 Å². The maximum Gasteiger partial charge on any atom is 0.129 e. The summed E-state index contributed by atoms with van der Waals surface area (Å²) in [5.41, 5.74) is 3.77. The third-order valence-electron chi connectivity index (χ3n) is 3.07. The van der Waals surface area contributed by atoms with Gasteiger partial charge in [-0.05, 0) is 48.2 Å². The van der Waals surface area contributed by atoms with Crippen molar-refractivity contribution in [3.05, 3.63) is 68.9 Å². The molecule has 0 aliphatic heterocycles. The molecule has 0 atom stereocenters. The molecule has 0 radical (unpaired) electrons. The van der Waals surface area contributed by atoms with Crippen molar-refractivity contribution < 1.29 is 4.39 Å². The number of aryl methyl sites for hydroxylation is 2. The zero-order valence-corrected chi connectivity index (χ0v) is 12.7. The number of hydrogen-bond donors (Lipinski definition) is 1. The molecule has 0 saturated carbocycles. The molecule has 2 aromatic rings. The van der Waals surface area contributed by atoms with Gasteiger partial charge >= 0.3 is 0 Å². The smallest absolute Gasteiger partial charge is 0.129 e.